The smallest absolute Gasteiger partial charge is 0.411 e. The summed E-state index contributed by atoms with van der Waals surface area (Å²) in [6.07, 6.45) is -4.41. The molecule has 0 aromatic heterocycles. The number of carbonyl (C=O) groups excluding carboxylic acids is 2. The minimum atomic E-state index is -4.41. The molecule has 0 unspecified atom stereocenters. The van der Waals surface area contributed by atoms with Crippen molar-refractivity contribution in [2.45, 2.75) is 19.3 Å². The molecule has 0 radical (unpaired) electrons. The molecule has 0 bridgehead atoms. The van der Waals surface area contributed by atoms with Crippen molar-refractivity contribution < 1.29 is 36.6 Å². The molecule has 0 aliphatic heterocycles. The maximum absolute atomic E-state index is 13.4. The number of esters is 1. The van der Waals surface area contributed by atoms with Gasteiger partial charge in [-0.25, -0.2) is 9.18 Å². The van der Waals surface area contributed by atoms with E-state index in [4.69, 9.17) is 4.74 Å². The topological polar surface area (TPSA) is 64.6 Å². The zero-order valence-electron chi connectivity index (χ0n) is 14.6. The number of benzene rings is 2. The summed E-state index contributed by atoms with van der Waals surface area (Å²) in [6.45, 7) is -2.22. The number of nitrogens with one attached hydrogen (secondary N) is 1. The van der Waals surface area contributed by atoms with Crippen LogP contribution in [0.5, 0.6) is 0 Å². The van der Waals surface area contributed by atoms with Gasteiger partial charge in [0.05, 0.1) is 12.2 Å². The first-order valence-electron chi connectivity index (χ1n) is 8.15. The Morgan fingerprint density at radius 1 is 1.00 bits per heavy atom. The molecule has 28 heavy (non-hydrogen) atoms. The van der Waals surface area contributed by atoms with Crippen molar-refractivity contribution in [3.63, 3.8) is 0 Å². The first-order chi connectivity index (χ1) is 13.2. The van der Waals surface area contributed by atoms with Crippen LogP contribution in [0, 0.1) is 5.82 Å². The molecule has 0 saturated carbocycles. The fourth-order valence-electron chi connectivity index (χ4n) is 2.12. The summed E-state index contributed by atoms with van der Waals surface area (Å²) in [4.78, 5) is 23.6. The first kappa shape index (κ1) is 21.4. The Kier molecular flexibility index (Phi) is 7.51. The average Bonchev–Trinajstić information content (AvgIpc) is 2.65. The van der Waals surface area contributed by atoms with Gasteiger partial charge in [0.2, 0.25) is 0 Å². The van der Waals surface area contributed by atoms with Gasteiger partial charge in [-0.1, -0.05) is 30.3 Å². The quantitative estimate of drug-likeness (QED) is 0.546. The standard InChI is InChI=1S/C19H17F4NO4/c20-16-4-2-1-3-15(16)9-24-17(25)11-28-18(26)14-7-5-13(6-8-14)10-27-12-19(21,22)23/h1-8H,9-12H2,(H,24,25). The number of hydrogen-bond donors (Lipinski definition) is 1. The Morgan fingerprint density at radius 2 is 1.68 bits per heavy atom. The van der Waals surface area contributed by atoms with Gasteiger partial charge in [-0.15, -0.1) is 0 Å². The molecule has 0 atom stereocenters. The van der Waals surface area contributed by atoms with Crippen LogP contribution in [0.2, 0.25) is 0 Å². The highest BCUT2D eigenvalue weighted by atomic mass is 19.4. The summed E-state index contributed by atoms with van der Waals surface area (Å²) in [5.41, 5.74) is 0.871. The Hall–Kier alpha value is -2.94. The van der Waals surface area contributed by atoms with E-state index in [-0.39, 0.29) is 18.7 Å². The van der Waals surface area contributed by atoms with Crippen LogP contribution < -0.4 is 5.32 Å². The SMILES string of the molecule is O=C(COC(=O)c1ccc(COCC(F)(F)F)cc1)NCc1ccccc1F. The second kappa shape index (κ2) is 9.84. The molecule has 0 fully saturated rings. The van der Waals surface area contributed by atoms with Crippen LogP contribution in [0.3, 0.4) is 0 Å². The predicted octanol–water partition coefficient (Wildman–Crippen LogP) is 3.38. The van der Waals surface area contributed by atoms with Gasteiger partial charge in [-0.3, -0.25) is 4.79 Å². The Bertz CT molecular complexity index is 806. The molecule has 0 heterocycles. The molecule has 150 valence electrons. The van der Waals surface area contributed by atoms with E-state index < -0.39 is 37.1 Å². The van der Waals surface area contributed by atoms with Gasteiger partial charge < -0.3 is 14.8 Å². The Labute approximate surface area is 158 Å². The normalized spacial score (nSPS) is 11.1. The summed E-state index contributed by atoms with van der Waals surface area (Å²) in [6, 6.07) is 11.5. The minimum absolute atomic E-state index is 0.0460. The number of halogens is 4. The number of ether oxygens (including phenoxy) is 2. The maximum Gasteiger partial charge on any atom is 0.411 e. The van der Waals surface area contributed by atoms with E-state index in [1.54, 1.807) is 6.07 Å². The van der Waals surface area contributed by atoms with Gasteiger partial charge in [0.1, 0.15) is 12.4 Å². The van der Waals surface area contributed by atoms with Gasteiger partial charge in [0, 0.05) is 12.1 Å². The van der Waals surface area contributed by atoms with Crippen molar-refractivity contribution in [1.29, 1.82) is 0 Å². The number of alkyl halides is 3. The van der Waals surface area contributed by atoms with Crippen molar-refractivity contribution >= 4 is 11.9 Å². The van der Waals surface area contributed by atoms with Gasteiger partial charge in [-0.2, -0.15) is 13.2 Å². The number of hydrogen-bond acceptors (Lipinski definition) is 4. The molecule has 9 heteroatoms. The van der Waals surface area contributed by atoms with E-state index in [2.05, 4.69) is 10.1 Å². The summed E-state index contributed by atoms with van der Waals surface area (Å²) >= 11 is 0. The number of carbonyl (C=O) groups is 2. The highest BCUT2D eigenvalue weighted by molar-refractivity contribution is 5.91. The summed E-state index contributed by atoms with van der Waals surface area (Å²) in [7, 11) is 0. The monoisotopic (exact) mass is 399 g/mol. The fraction of sp³-hybridized carbons (Fsp3) is 0.263. The van der Waals surface area contributed by atoms with Gasteiger partial charge in [-0.05, 0) is 23.8 Å². The zero-order chi connectivity index (χ0) is 20.6. The third kappa shape index (κ3) is 7.36. The lowest BCUT2D eigenvalue weighted by atomic mass is 10.1. The molecule has 0 spiro atoms. The van der Waals surface area contributed by atoms with Crippen LogP contribution >= 0.6 is 0 Å². The summed E-state index contributed by atoms with van der Waals surface area (Å²) < 4.78 is 58.8. The van der Waals surface area contributed by atoms with Crippen LogP contribution in [0.4, 0.5) is 17.6 Å². The van der Waals surface area contributed by atoms with Crippen molar-refractivity contribution in [3.8, 4) is 0 Å². The summed E-state index contributed by atoms with van der Waals surface area (Å²) in [5.74, 6) is -1.84. The van der Waals surface area contributed by atoms with Gasteiger partial charge in [0.15, 0.2) is 6.61 Å². The lowest BCUT2D eigenvalue weighted by Gasteiger charge is -2.09. The van der Waals surface area contributed by atoms with Crippen LogP contribution in [0.1, 0.15) is 21.5 Å². The molecule has 2 rings (SSSR count). The average molecular weight is 399 g/mol. The van der Waals surface area contributed by atoms with Crippen molar-refractivity contribution in [1.82, 2.24) is 5.32 Å². The highest BCUT2D eigenvalue weighted by Gasteiger charge is 2.27. The molecular formula is C19H17F4NO4. The molecule has 1 N–H and O–H groups in total. The van der Waals surface area contributed by atoms with E-state index in [1.807, 2.05) is 0 Å². The number of amides is 1. The number of rotatable bonds is 8. The lowest BCUT2D eigenvalue weighted by Crippen LogP contribution is -2.28. The molecule has 5 nitrogen and oxygen atoms in total. The lowest BCUT2D eigenvalue weighted by molar-refractivity contribution is -0.176. The zero-order valence-corrected chi connectivity index (χ0v) is 14.6. The Balaban J connectivity index is 1.74. The minimum Gasteiger partial charge on any atom is -0.452 e. The maximum atomic E-state index is 13.4. The van der Waals surface area contributed by atoms with Crippen LogP contribution in [0.15, 0.2) is 48.5 Å². The van der Waals surface area contributed by atoms with Crippen LogP contribution in [-0.2, 0) is 27.4 Å². The van der Waals surface area contributed by atoms with E-state index in [0.717, 1.165) is 0 Å². The molecule has 1 amide bonds. The highest BCUT2D eigenvalue weighted by Crippen LogP contribution is 2.16. The fourth-order valence-corrected chi connectivity index (χ4v) is 2.12. The summed E-state index contributed by atoms with van der Waals surface area (Å²) in [5, 5.41) is 2.43. The second-order valence-electron chi connectivity index (χ2n) is 5.75. The van der Waals surface area contributed by atoms with E-state index in [1.165, 1.54) is 42.5 Å². The van der Waals surface area contributed by atoms with Gasteiger partial charge in [0.25, 0.3) is 5.91 Å². The molecular weight excluding hydrogens is 382 g/mol. The molecule has 2 aromatic rings. The van der Waals surface area contributed by atoms with Gasteiger partial charge >= 0.3 is 12.1 Å². The first-order valence-corrected chi connectivity index (χ1v) is 8.15. The third-order valence-electron chi connectivity index (χ3n) is 3.49. The second-order valence-corrected chi connectivity index (χ2v) is 5.75. The van der Waals surface area contributed by atoms with E-state index in [0.29, 0.717) is 11.1 Å². The van der Waals surface area contributed by atoms with Crippen molar-refractivity contribution in [3.05, 3.63) is 71.0 Å². The van der Waals surface area contributed by atoms with E-state index >= 15 is 0 Å². The van der Waals surface area contributed by atoms with Crippen molar-refractivity contribution in [2.75, 3.05) is 13.2 Å². The third-order valence-corrected chi connectivity index (χ3v) is 3.49. The molecule has 2 aromatic carbocycles. The largest absolute Gasteiger partial charge is 0.452 e. The molecule has 0 saturated heterocycles. The predicted molar refractivity (Wildman–Crippen MR) is 90.7 cm³/mol. The molecule has 0 aliphatic rings. The molecule has 0 aliphatic carbocycles. The van der Waals surface area contributed by atoms with Crippen LogP contribution in [0.25, 0.3) is 0 Å². The Morgan fingerprint density at radius 3 is 2.32 bits per heavy atom. The van der Waals surface area contributed by atoms with Crippen molar-refractivity contribution in [2.24, 2.45) is 0 Å². The van der Waals surface area contributed by atoms with Crippen LogP contribution in [-0.4, -0.2) is 31.3 Å². The van der Waals surface area contributed by atoms with E-state index in [9.17, 15) is 27.2 Å².